The van der Waals surface area contributed by atoms with Gasteiger partial charge in [0.15, 0.2) is 0 Å². The van der Waals surface area contributed by atoms with E-state index in [-0.39, 0.29) is 0 Å². The van der Waals surface area contributed by atoms with E-state index in [1.54, 1.807) is 0 Å². The second-order valence-electron chi connectivity index (χ2n) is 1.87. The summed E-state index contributed by atoms with van der Waals surface area (Å²) >= 11 is 0. The van der Waals surface area contributed by atoms with Gasteiger partial charge in [0, 0.05) is 6.42 Å². The molecule has 0 fully saturated rings. The molecule has 0 amide bonds. The minimum absolute atomic E-state index is 0.605. The first kappa shape index (κ1) is 5.61. The van der Waals surface area contributed by atoms with Crippen molar-refractivity contribution >= 4 is 0 Å². The SMILES string of the molecule is OC1C#CCCC1O. The van der Waals surface area contributed by atoms with Crippen molar-refractivity contribution in [1.82, 2.24) is 0 Å². The molecule has 0 saturated carbocycles. The van der Waals surface area contributed by atoms with Crippen LogP contribution in [0.15, 0.2) is 0 Å². The van der Waals surface area contributed by atoms with E-state index >= 15 is 0 Å². The van der Waals surface area contributed by atoms with E-state index in [9.17, 15) is 0 Å². The van der Waals surface area contributed by atoms with Gasteiger partial charge in [-0.05, 0) is 6.42 Å². The zero-order valence-corrected chi connectivity index (χ0v) is 4.46. The van der Waals surface area contributed by atoms with Crippen molar-refractivity contribution < 1.29 is 10.2 Å². The summed E-state index contributed by atoms with van der Waals surface area (Å²) in [6.45, 7) is 0. The van der Waals surface area contributed by atoms with Gasteiger partial charge in [-0.1, -0.05) is 5.92 Å². The van der Waals surface area contributed by atoms with E-state index in [0.717, 1.165) is 0 Å². The molecule has 0 aliphatic heterocycles. The fourth-order valence-electron chi connectivity index (χ4n) is 0.651. The Morgan fingerprint density at radius 1 is 1.38 bits per heavy atom. The van der Waals surface area contributed by atoms with Crippen LogP contribution in [0.5, 0.6) is 0 Å². The summed E-state index contributed by atoms with van der Waals surface area (Å²) in [5, 5.41) is 17.6. The molecule has 2 atom stereocenters. The van der Waals surface area contributed by atoms with Crippen LogP contribution in [0.3, 0.4) is 0 Å². The van der Waals surface area contributed by atoms with Gasteiger partial charge in [0.05, 0.1) is 6.10 Å². The van der Waals surface area contributed by atoms with Crippen LogP contribution in [0, 0.1) is 11.8 Å². The number of aliphatic hydroxyl groups excluding tert-OH is 2. The molecule has 0 radical (unpaired) electrons. The Bertz CT molecular complexity index is 131. The lowest BCUT2D eigenvalue weighted by Gasteiger charge is -2.13. The fourth-order valence-corrected chi connectivity index (χ4v) is 0.651. The number of hydrogen-bond acceptors (Lipinski definition) is 2. The molecule has 1 aliphatic carbocycles. The third-order valence-corrected chi connectivity index (χ3v) is 1.18. The standard InChI is InChI=1S/C6H8O2/c7-5-3-1-2-4-6(5)8/h5-8H,1,3H2. The van der Waals surface area contributed by atoms with Gasteiger partial charge < -0.3 is 10.2 Å². The first-order valence-corrected chi connectivity index (χ1v) is 2.65. The highest BCUT2D eigenvalue weighted by atomic mass is 16.3. The Balaban J connectivity index is 2.55. The molecule has 0 aromatic rings. The van der Waals surface area contributed by atoms with Crippen LogP contribution in [-0.2, 0) is 0 Å². The summed E-state index contributed by atoms with van der Waals surface area (Å²) in [7, 11) is 0. The summed E-state index contributed by atoms with van der Waals surface area (Å²) in [4.78, 5) is 0. The molecule has 0 aromatic carbocycles. The second kappa shape index (κ2) is 2.17. The Morgan fingerprint density at radius 3 is 2.50 bits per heavy atom. The summed E-state index contributed by atoms with van der Waals surface area (Å²) in [6, 6.07) is 0. The highest BCUT2D eigenvalue weighted by molar-refractivity contribution is 5.10. The lowest BCUT2D eigenvalue weighted by molar-refractivity contribution is 0.0466. The minimum atomic E-state index is -0.802. The summed E-state index contributed by atoms with van der Waals surface area (Å²) < 4.78 is 0. The molecule has 8 heavy (non-hydrogen) atoms. The Kier molecular flexibility index (Phi) is 1.52. The monoisotopic (exact) mass is 112 g/mol. The topological polar surface area (TPSA) is 40.5 Å². The van der Waals surface area contributed by atoms with Gasteiger partial charge in [0.1, 0.15) is 6.10 Å². The molecule has 0 bridgehead atoms. The van der Waals surface area contributed by atoms with Crippen molar-refractivity contribution in [3.8, 4) is 11.8 Å². The molecule has 2 heteroatoms. The van der Waals surface area contributed by atoms with E-state index in [4.69, 9.17) is 10.2 Å². The molecule has 0 heterocycles. The molecule has 44 valence electrons. The summed E-state index contributed by atoms with van der Waals surface area (Å²) in [6.07, 6.45) is -0.105. The Morgan fingerprint density at radius 2 is 2.12 bits per heavy atom. The quantitative estimate of drug-likeness (QED) is 0.415. The van der Waals surface area contributed by atoms with Crippen molar-refractivity contribution in [3.63, 3.8) is 0 Å². The molecular weight excluding hydrogens is 104 g/mol. The van der Waals surface area contributed by atoms with Crippen molar-refractivity contribution in [3.05, 3.63) is 0 Å². The van der Waals surface area contributed by atoms with Crippen LogP contribution < -0.4 is 0 Å². The first-order chi connectivity index (χ1) is 3.80. The smallest absolute Gasteiger partial charge is 0.140 e. The molecule has 0 spiro atoms. The van der Waals surface area contributed by atoms with Crippen LogP contribution in [0.25, 0.3) is 0 Å². The van der Waals surface area contributed by atoms with Gasteiger partial charge in [-0.25, -0.2) is 0 Å². The van der Waals surface area contributed by atoms with Gasteiger partial charge in [-0.3, -0.25) is 0 Å². The molecule has 0 saturated heterocycles. The maximum atomic E-state index is 8.83. The van der Waals surface area contributed by atoms with Crippen LogP contribution in [0.2, 0.25) is 0 Å². The zero-order chi connectivity index (χ0) is 5.98. The highest BCUT2D eigenvalue weighted by Crippen LogP contribution is 2.04. The molecule has 0 aromatic heterocycles. The molecular formula is C6H8O2. The predicted octanol–water partition coefficient (Wildman–Crippen LogP) is -0.495. The van der Waals surface area contributed by atoms with Crippen molar-refractivity contribution in [2.75, 3.05) is 0 Å². The van der Waals surface area contributed by atoms with Gasteiger partial charge in [-0.2, -0.15) is 0 Å². The lowest BCUT2D eigenvalue weighted by atomic mass is 10.1. The van der Waals surface area contributed by atoms with E-state index in [2.05, 4.69) is 11.8 Å². The van der Waals surface area contributed by atoms with Crippen molar-refractivity contribution in [2.45, 2.75) is 25.0 Å². The summed E-state index contributed by atoms with van der Waals surface area (Å²) in [5.41, 5.74) is 0. The van der Waals surface area contributed by atoms with E-state index in [1.165, 1.54) is 0 Å². The van der Waals surface area contributed by atoms with Crippen LogP contribution in [-0.4, -0.2) is 22.4 Å². The van der Waals surface area contributed by atoms with E-state index in [0.29, 0.717) is 12.8 Å². The van der Waals surface area contributed by atoms with Gasteiger partial charge in [0.25, 0.3) is 0 Å². The van der Waals surface area contributed by atoms with E-state index < -0.39 is 12.2 Å². The average Bonchev–Trinajstić information content (AvgIpc) is 1.77. The average molecular weight is 112 g/mol. The maximum absolute atomic E-state index is 8.83. The molecule has 1 rings (SSSR count). The molecule has 1 aliphatic rings. The Labute approximate surface area is 48.1 Å². The Hall–Kier alpha value is -0.520. The van der Waals surface area contributed by atoms with Crippen molar-refractivity contribution in [2.24, 2.45) is 0 Å². The molecule has 2 unspecified atom stereocenters. The zero-order valence-electron chi connectivity index (χ0n) is 4.46. The minimum Gasteiger partial charge on any atom is -0.389 e. The fraction of sp³-hybridized carbons (Fsp3) is 0.667. The van der Waals surface area contributed by atoms with Crippen LogP contribution in [0.1, 0.15) is 12.8 Å². The second-order valence-corrected chi connectivity index (χ2v) is 1.87. The largest absolute Gasteiger partial charge is 0.389 e. The third-order valence-electron chi connectivity index (χ3n) is 1.18. The number of aliphatic hydroxyl groups is 2. The number of hydrogen-bond donors (Lipinski definition) is 2. The third kappa shape index (κ3) is 1.00. The van der Waals surface area contributed by atoms with Gasteiger partial charge in [0.2, 0.25) is 0 Å². The van der Waals surface area contributed by atoms with Crippen LogP contribution >= 0.6 is 0 Å². The van der Waals surface area contributed by atoms with Crippen LogP contribution in [0.4, 0.5) is 0 Å². The molecule has 2 N–H and O–H groups in total. The maximum Gasteiger partial charge on any atom is 0.140 e. The highest BCUT2D eigenvalue weighted by Gasteiger charge is 2.14. The first-order valence-electron chi connectivity index (χ1n) is 2.65. The number of rotatable bonds is 0. The lowest BCUT2D eigenvalue weighted by Crippen LogP contribution is -2.25. The van der Waals surface area contributed by atoms with E-state index in [1.807, 2.05) is 0 Å². The normalized spacial score (nSPS) is 35.8. The van der Waals surface area contributed by atoms with Gasteiger partial charge in [-0.15, -0.1) is 5.92 Å². The summed E-state index contributed by atoms with van der Waals surface area (Å²) in [5.74, 6) is 5.19. The van der Waals surface area contributed by atoms with Gasteiger partial charge >= 0.3 is 0 Å². The predicted molar refractivity (Wildman–Crippen MR) is 29.0 cm³/mol. The van der Waals surface area contributed by atoms with Crippen molar-refractivity contribution in [1.29, 1.82) is 0 Å². The molecule has 2 nitrogen and oxygen atoms in total.